The average molecular weight is 492 g/mol. The molecule has 0 aliphatic rings. The molecule has 1 unspecified atom stereocenters. The predicted molar refractivity (Wildman–Crippen MR) is 145 cm³/mol. The highest BCUT2D eigenvalue weighted by Gasteiger charge is 2.14. The second-order valence-electron chi connectivity index (χ2n) is 7.82. The minimum atomic E-state index is 0.0123. The third-order valence-corrected chi connectivity index (χ3v) is 7.99. The summed E-state index contributed by atoms with van der Waals surface area (Å²) in [4.78, 5) is 14.1. The maximum absolute atomic E-state index is 12.4. The fourth-order valence-electron chi connectivity index (χ4n) is 3.49. The van der Waals surface area contributed by atoms with E-state index in [0.717, 1.165) is 36.5 Å². The normalized spacial score (nSPS) is 11.9. The van der Waals surface area contributed by atoms with Crippen molar-refractivity contribution >= 4 is 42.1 Å². The SMILES string of the molecule is O=C(CCCCC(CCSCc1ccccc1)SCc1ccccc1)N(CCO)CCS. The molecule has 2 aromatic carbocycles. The Morgan fingerprint density at radius 3 is 2.19 bits per heavy atom. The van der Waals surface area contributed by atoms with Gasteiger partial charge < -0.3 is 10.0 Å². The van der Waals surface area contributed by atoms with Crippen molar-refractivity contribution in [2.75, 3.05) is 31.2 Å². The van der Waals surface area contributed by atoms with E-state index in [2.05, 4.69) is 85.1 Å². The summed E-state index contributed by atoms with van der Waals surface area (Å²) in [6.45, 7) is 1.03. The highest BCUT2D eigenvalue weighted by atomic mass is 32.2. The zero-order valence-corrected chi connectivity index (χ0v) is 21.4. The summed E-state index contributed by atoms with van der Waals surface area (Å²) in [7, 11) is 0. The van der Waals surface area contributed by atoms with Crippen LogP contribution in [0.4, 0.5) is 0 Å². The van der Waals surface area contributed by atoms with Crippen molar-refractivity contribution in [1.29, 1.82) is 0 Å². The molecule has 176 valence electrons. The van der Waals surface area contributed by atoms with Crippen LogP contribution in [0.1, 0.15) is 43.2 Å². The number of thioether (sulfide) groups is 2. The Morgan fingerprint density at radius 2 is 1.56 bits per heavy atom. The van der Waals surface area contributed by atoms with Gasteiger partial charge in [-0.3, -0.25) is 4.79 Å². The third-order valence-electron chi connectivity index (χ3n) is 5.28. The van der Waals surface area contributed by atoms with E-state index in [1.54, 1.807) is 4.90 Å². The number of benzene rings is 2. The molecule has 3 nitrogen and oxygen atoms in total. The molecule has 0 bridgehead atoms. The van der Waals surface area contributed by atoms with Crippen LogP contribution in [0.25, 0.3) is 0 Å². The first kappa shape index (κ1) is 27.2. The van der Waals surface area contributed by atoms with E-state index in [9.17, 15) is 4.79 Å². The average Bonchev–Trinajstić information content (AvgIpc) is 2.83. The Bertz CT molecular complexity index is 724. The fraction of sp³-hybridized carbons (Fsp3) is 0.500. The summed E-state index contributed by atoms with van der Waals surface area (Å²) in [5.41, 5.74) is 2.76. The molecule has 2 aromatic rings. The number of carbonyl (C=O) groups is 1. The molecule has 1 atom stereocenters. The molecule has 0 radical (unpaired) electrons. The highest BCUT2D eigenvalue weighted by Crippen LogP contribution is 2.27. The second-order valence-corrected chi connectivity index (χ2v) is 10.7. The van der Waals surface area contributed by atoms with Gasteiger partial charge in [0.1, 0.15) is 0 Å². The quantitative estimate of drug-likeness (QED) is 0.213. The van der Waals surface area contributed by atoms with Crippen molar-refractivity contribution in [3.63, 3.8) is 0 Å². The first-order valence-corrected chi connectivity index (χ1v) is 14.3. The van der Waals surface area contributed by atoms with Crippen LogP contribution >= 0.6 is 36.2 Å². The molecular formula is C26H37NO2S3. The number of hydrogen-bond donors (Lipinski definition) is 2. The number of amides is 1. The largest absolute Gasteiger partial charge is 0.395 e. The van der Waals surface area contributed by atoms with Crippen LogP contribution in [-0.4, -0.2) is 52.4 Å². The van der Waals surface area contributed by atoms with Gasteiger partial charge in [0.15, 0.2) is 0 Å². The number of hydrogen-bond acceptors (Lipinski definition) is 5. The van der Waals surface area contributed by atoms with E-state index < -0.39 is 0 Å². The summed E-state index contributed by atoms with van der Waals surface area (Å²) in [5, 5.41) is 9.77. The van der Waals surface area contributed by atoms with Gasteiger partial charge in [-0.05, 0) is 36.1 Å². The summed E-state index contributed by atoms with van der Waals surface area (Å²) in [6, 6.07) is 21.3. The van der Waals surface area contributed by atoms with E-state index in [4.69, 9.17) is 5.11 Å². The van der Waals surface area contributed by atoms with Gasteiger partial charge in [0.25, 0.3) is 0 Å². The Hall–Kier alpha value is -1.08. The maximum Gasteiger partial charge on any atom is 0.222 e. The summed E-state index contributed by atoms with van der Waals surface area (Å²) < 4.78 is 0. The van der Waals surface area contributed by atoms with Gasteiger partial charge in [-0.15, -0.1) is 0 Å². The fourth-order valence-corrected chi connectivity index (χ4v) is 6.14. The lowest BCUT2D eigenvalue weighted by Gasteiger charge is -2.21. The third kappa shape index (κ3) is 11.7. The maximum atomic E-state index is 12.4. The van der Waals surface area contributed by atoms with Crippen molar-refractivity contribution in [3.8, 4) is 0 Å². The molecule has 32 heavy (non-hydrogen) atoms. The molecule has 0 aromatic heterocycles. The Balaban J connectivity index is 1.75. The molecule has 2 rings (SSSR count). The molecule has 0 aliphatic carbocycles. The monoisotopic (exact) mass is 491 g/mol. The van der Waals surface area contributed by atoms with Gasteiger partial charge in [0, 0.05) is 42.0 Å². The molecule has 1 N–H and O–H groups in total. The van der Waals surface area contributed by atoms with Crippen LogP contribution < -0.4 is 0 Å². The Labute approximate surface area is 208 Å². The molecule has 1 amide bonds. The van der Waals surface area contributed by atoms with Crippen molar-refractivity contribution in [1.82, 2.24) is 4.90 Å². The molecule has 0 fully saturated rings. The van der Waals surface area contributed by atoms with Gasteiger partial charge >= 0.3 is 0 Å². The predicted octanol–water partition coefficient (Wildman–Crippen LogP) is 5.92. The van der Waals surface area contributed by atoms with Gasteiger partial charge in [-0.1, -0.05) is 67.1 Å². The van der Waals surface area contributed by atoms with Crippen LogP contribution in [0.5, 0.6) is 0 Å². The zero-order valence-electron chi connectivity index (χ0n) is 18.9. The van der Waals surface area contributed by atoms with Crippen molar-refractivity contribution in [2.45, 2.75) is 48.9 Å². The molecule has 0 aliphatic heterocycles. The van der Waals surface area contributed by atoms with Crippen molar-refractivity contribution in [3.05, 3.63) is 71.8 Å². The number of aliphatic hydroxyl groups excluding tert-OH is 1. The molecule has 0 heterocycles. The first-order valence-electron chi connectivity index (χ1n) is 11.5. The minimum Gasteiger partial charge on any atom is -0.395 e. The van der Waals surface area contributed by atoms with E-state index in [1.807, 2.05) is 11.8 Å². The lowest BCUT2D eigenvalue weighted by atomic mass is 10.1. The van der Waals surface area contributed by atoms with E-state index >= 15 is 0 Å². The van der Waals surface area contributed by atoms with E-state index in [1.165, 1.54) is 17.5 Å². The van der Waals surface area contributed by atoms with Crippen molar-refractivity contribution in [2.24, 2.45) is 0 Å². The Kier molecular flexibility index (Phi) is 14.8. The van der Waals surface area contributed by atoms with Gasteiger partial charge in [-0.2, -0.15) is 36.2 Å². The van der Waals surface area contributed by atoms with Gasteiger partial charge in [-0.25, -0.2) is 0 Å². The molecule has 6 heteroatoms. The summed E-state index contributed by atoms with van der Waals surface area (Å²) in [5.74, 6) is 4.04. The number of unbranched alkanes of at least 4 members (excludes halogenated alkanes) is 1. The molecule has 0 saturated carbocycles. The molecule has 0 saturated heterocycles. The number of thiol groups is 1. The lowest BCUT2D eigenvalue weighted by molar-refractivity contribution is -0.131. The molecular weight excluding hydrogens is 454 g/mol. The second kappa shape index (κ2) is 17.4. The van der Waals surface area contributed by atoms with E-state index in [-0.39, 0.29) is 12.5 Å². The topological polar surface area (TPSA) is 40.5 Å². The number of carbonyl (C=O) groups excluding carboxylic acids is 1. The van der Waals surface area contributed by atoms with Crippen LogP contribution in [0, 0.1) is 0 Å². The highest BCUT2D eigenvalue weighted by molar-refractivity contribution is 7.99. The van der Waals surface area contributed by atoms with E-state index in [0.29, 0.717) is 30.5 Å². The molecule has 0 spiro atoms. The number of aliphatic hydroxyl groups is 1. The zero-order chi connectivity index (χ0) is 22.9. The smallest absolute Gasteiger partial charge is 0.222 e. The van der Waals surface area contributed by atoms with Gasteiger partial charge in [0.2, 0.25) is 5.91 Å². The number of nitrogens with zero attached hydrogens (tertiary/aromatic N) is 1. The number of rotatable bonds is 17. The summed E-state index contributed by atoms with van der Waals surface area (Å²) >= 11 is 8.28. The van der Waals surface area contributed by atoms with Gasteiger partial charge in [0.05, 0.1) is 6.61 Å². The van der Waals surface area contributed by atoms with Crippen LogP contribution in [0.15, 0.2) is 60.7 Å². The summed E-state index contributed by atoms with van der Waals surface area (Å²) in [6.07, 6.45) is 4.87. The van der Waals surface area contributed by atoms with Crippen LogP contribution in [-0.2, 0) is 16.3 Å². The van der Waals surface area contributed by atoms with Crippen molar-refractivity contribution < 1.29 is 9.90 Å². The van der Waals surface area contributed by atoms with Crippen LogP contribution in [0.2, 0.25) is 0 Å². The standard InChI is InChI=1S/C26H37NO2S3/c28-18-16-27(17-19-30)26(29)14-8-7-13-25(32-22-24-11-5-2-6-12-24)15-20-31-21-23-9-3-1-4-10-23/h1-6,9-12,25,28,30H,7-8,13-22H2. The Morgan fingerprint density at radius 1 is 0.906 bits per heavy atom. The first-order chi connectivity index (χ1) is 15.7. The lowest BCUT2D eigenvalue weighted by Crippen LogP contribution is -2.35. The van der Waals surface area contributed by atoms with Crippen LogP contribution in [0.3, 0.4) is 0 Å². The minimum absolute atomic E-state index is 0.0123.